The number of rotatable bonds is 5. The van der Waals surface area contributed by atoms with Gasteiger partial charge in [0.1, 0.15) is 11.6 Å². The Hall–Kier alpha value is -3.34. The van der Waals surface area contributed by atoms with Crippen LogP contribution in [-0.2, 0) is 0 Å². The van der Waals surface area contributed by atoms with E-state index in [9.17, 15) is 14.3 Å². The van der Waals surface area contributed by atoms with E-state index >= 15 is 0 Å². The summed E-state index contributed by atoms with van der Waals surface area (Å²) in [6, 6.07) is 18.2. The summed E-state index contributed by atoms with van der Waals surface area (Å²) in [4.78, 5) is 11.5. The Labute approximate surface area is 144 Å². The molecule has 4 nitrogen and oxygen atoms in total. The summed E-state index contributed by atoms with van der Waals surface area (Å²) in [6.45, 7) is 0. The molecule has 0 spiro atoms. The van der Waals surface area contributed by atoms with E-state index in [2.05, 4.69) is 5.32 Å². The van der Waals surface area contributed by atoms with Crippen molar-refractivity contribution in [3.8, 4) is 16.9 Å². The summed E-state index contributed by atoms with van der Waals surface area (Å²) in [6.07, 6.45) is 0. The van der Waals surface area contributed by atoms with Gasteiger partial charge >= 0.3 is 5.97 Å². The first kappa shape index (κ1) is 16.5. The highest BCUT2D eigenvalue weighted by molar-refractivity contribution is 5.96. The number of ether oxygens (including phenoxy) is 1. The number of methoxy groups -OCH3 is 1. The summed E-state index contributed by atoms with van der Waals surface area (Å²) in [5.74, 6) is -0.707. The first-order chi connectivity index (χ1) is 12.1. The van der Waals surface area contributed by atoms with Crippen molar-refractivity contribution in [1.29, 1.82) is 0 Å². The van der Waals surface area contributed by atoms with Crippen molar-refractivity contribution < 1.29 is 19.0 Å². The maximum Gasteiger partial charge on any atom is 0.337 e. The third-order valence-corrected chi connectivity index (χ3v) is 3.79. The van der Waals surface area contributed by atoms with Crippen molar-refractivity contribution in [3.05, 3.63) is 78.1 Å². The standard InChI is InChI=1S/C20H16FNO3/c1-25-19-5-3-2-4-16(19)13-6-11-17(20(23)24)18(12-13)22-15-9-7-14(21)8-10-15/h2-12,22H,1H3,(H,23,24). The third-order valence-electron chi connectivity index (χ3n) is 3.79. The van der Waals surface area contributed by atoms with Crippen LogP contribution in [0.5, 0.6) is 5.75 Å². The van der Waals surface area contributed by atoms with Gasteiger partial charge in [0.25, 0.3) is 0 Å². The van der Waals surface area contributed by atoms with E-state index in [-0.39, 0.29) is 11.4 Å². The van der Waals surface area contributed by atoms with E-state index in [1.165, 1.54) is 18.2 Å². The van der Waals surface area contributed by atoms with Gasteiger partial charge in [-0.3, -0.25) is 0 Å². The number of benzene rings is 3. The molecule has 0 atom stereocenters. The highest BCUT2D eigenvalue weighted by Gasteiger charge is 2.13. The Morgan fingerprint density at radius 2 is 1.76 bits per heavy atom. The van der Waals surface area contributed by atoms with Crippen LogP contribution in [0.25, 0.3) is 11.1 Å². The Kier molecular flexibility index (Phi) is 4.66. The van der Waals surface area contributed by atoms with Crippen LogP contribution >= 0.6 is 0 Å². The number of hydrogen-bond donors (Lipinski definition) is 2. The molecule has 0 amide bonds. The molecule has 0 radical (unpaired) electrons. The molecule has 0 aliphatic carbocycles. The number of carboxylic acids is 1. The topological polar surface area (TPSA) is 58.6 Å². The number of carbonyl (C=O) groups is 1. The summed E-state index contributed by atoms with van der Waals surface area (Å²) in [7, 11) is 1.59. The molecular formula is C20H16FNO3. The van der Waals surface area contributed by atoms with Gasteiger partial charge in [-0.1, -0.05) is 24.3 Å². The molecule has 126 valence electrons. The van der Waals surface area contributed by atoms with E-state index in [4.69, 9.17) is 4.74 Å². The highest BCUT2D eigenvalue weighted by Crippen LogP contribution is 2.33. The predicted molar refractivity (Wildman–Crippen MR) is 95.1 cm³/mol. The normalized spacial score (nSPS) is 10.3. The van der Waals surface area contributed by atoms with Crippen molar-refractivity contribution in [2.24, 2.45) is 0 Å². The Bertz CT molecular complexity index is 907. The number of halogens is 1. The van der Waals surface area contributed by atoms with Crippen LogP contribution in [0.4, 0.5) is 15.8 Å². The molecule has 5 heteroatoms. The summed E-state index contributed by atoms with van der Waals surface area (Å²) in [5, 5.41) is 12.5. The maximum absolute atomic E-state index is 13.1. The second kappa shape index (κ2) is 7.05. The van der Waals surface area contributed by atoms with Gasteiger partial charge in [-0.25, -0.2) is 9.18 Å². The maximum atomic E-state index is 13.1. The average molecular weight is 337 g/mol. The van der Waals surface area contributed by atoms with Crippen LogP contribution < -0.4 is 10.1 Å². The fraction of sp³-hybridized carbons (Fsp3) is 0.0500. The van der Waals surface area contributed by atoms with E-state index < -0.39 is 5.97 Å². The molecule has 25 heavy (non-hydrogen) atoms. The van der Waals surface area contributed by atoms with Gasteiger partial charge in [0.15, 0.2) is 0 Å². The molecule has 0 fully saturated rings. The lowest BCUT2D eigenvalue weighted by molar-refractivity contribution is 0.0698. The predicted octanol–water partition coefficient (Wildman–Crippen LogP) is 4.94. The van der Waals surface area contributed by atoms with E-state index in [0.29, 0.717) is 17.1 Å². The molecule has 3 aromatic rings. The zero-order chi connectivity index (χ0) is 17.8. The molecule has 2 N–H and O–H groups in total. The van der Waals surface area contributed by atoms with Gasteiger partial charge in [-0.15, -0.1) is 0 Å². The lowest BCUT2D eigenvalue weighted by Crippen LogP contribution is -2.03. The minimum atomic E-state index is -1.05. The minimum absolute atomic E-state index is 0.128. The Balaban J connectivity index is 2.05. The lowest BCUT2D eigenvalue weighted by Gasteiger charge is -2.13. The Morgan fingerprint density at radius 3 is 2.44 bits per heavy atom. The van der Waals surface area contributed by atoms with Gasteiger partial charge in [0.05, 0.1) is 18.4 Å². The molecule has 0 bridgehead atoms. The summed E-state index contributed by atoms with van der Waals surface area (Å²) >= 11 is 0. The van der Waals surface area contributed by atoms with Crippen molar-refractivity contribution in [3.63, 3.8) is 0 Å². The van der Waals surface area contributed by atoms with Gasteiger partial charge < -0.3 is 15.2 Å². The largest absolute Gasteiger partial charge is 0.496 e. The van der Waals surface area contributed by atoms with Crippen LogP contribution in [0, 0.1) is 5.82 Å². The average Bonchev–Trinajstić information content (AvgIpc) is 2.63. The first-order valence-electron chi connectivity index (χ1n) is 7.62. The zero-order valence-corrected chi connectivity index (χ0v) is 13.5. The van der Waals surface area contributed by atoms with Crippen molar-refractivity contribution in [2.45, 2.75) is 0 Å². The van der Waals surface area contributed by atoms with Crippen LogP contribution in [-0.4, -0.2) is 18.2 Å². The molecule has 0 saturated carbocycles. The molecule has 0 aromatic heterocycles. The first-order valence-corrected chi connectivity index (χ1v) is 7.62. The monoisotopic (exact) mass is 337 g/mol. The second-order valence-electron chi connectivity index (χ2n) is 5.40. The third kappa shape index (κ3) is 3.61. The summed E-state index contributed by atoms with van der Waals surface area (Å²) < 4.78 is 18.4. The van der Waals surface area contributed by atoms with Crippen molar-refractivity contribution >= 4 is 17.3 Å². The molecule has 0 aliphatic rings. The van der Waals surface area contributed by atoms with E-state index in [0.717, 1.165) is 11.1 Å². The fourth-order valence-electron chi connectivity index (χ4n) is 2.57. The van der Waals surface area contributed by atoms with E-state index in [1.807, 2.05) is 24.3 Å². The number of nitrogens with one attached hydrogen (secondary N) is 1. The van der Waals surface area contributed by atoms with Crippen LogP contribution in [0.2, 0.25) is 0 Å². The molecule has 0 aliphatic heterocycles. The van der Waals surface area contributed by atoms with Crippen molar-refractivity contribution in [2.75, 3.05) is 12.4 Å². The number of hydrogen-bond acceptors (Lipinski definition) is 3. The van der Waals surface area contributed by atoms with Crippen LogP contribution in [0.1, 0.15) is 10.4 Å². The Morgan fingerprint density at radius 1 is 1.04 bits per heavy atom. The fourth-order valence-corrected chi connectivity index (χ4v) is 2.57. The number of para-hydroxylation sites is 1. The SMILES string of the molecule is COc1ccccc1-c1ccc(C(=O)O)c(Nc2ccc(F)cc2)c1. The zero-order valence-electron chi connectivity index (χ0n) is 13.5. The number of anilines is 2. The second-order valence-corrected chi connectivity index (χ2v) is 5.40. The quantitative estimate of drug-likeness (QED) is 0.692. The van der Waals surface area contributed by atoms with Crippen LogP contribution in [0.3, 0.4) is 0 Å². The molecule has 0 heterocycles. The van der Waals surface area contributed by atoms with Gasteiger partial charge in [0.2, 0.25) is 0 Å². The summed E-state index contributed by atoms with van der Waals surface area (Å²) in [5.41, 5.74) is 2.81. The van der Waals surface area contributed by atoms with Gasteiger partial charge in [0, 0.05) is 11.3 Å². The smallest absolute Gasteiger partial charge is 0.337 e. The van der Waals surface area contributed by atoms with E-state index in [1.54, 1.807) is 31.4 Å². The highest BCUT2D eigenvalue weighted by atomic mass is 19.1. The van der Waals surface area contributed by atoms with Gasteiger partial charge in [-0.05, 0) is 48.0 Å². The molecule has 3 rings (SSSR count). The molecular weight excluding hydrogens is 321 g/mol. The minimum Gasteiger partial charge on any atom is -0.496 e. The molecule has 0 saturated heterocycles. The van der Waals surface area contributed by atoms with Crippen molar-refractivity contribution in [1.82, 2.24) is 0 Å². The number of aromatic carboxylic acids is 1. The molecule has 0 unspecified atom stereocenters. The van der Waals surface area contributed by atoms with Crippen LogP contribution in [0.15, 0.2) is 66.7 Å². The molecule has 3 aromatic carbocycles. The lowest BCUT2D eigenvalue weighted by atomic mass is 10.0. The van der Waals surface area contributed by atoms with Gasteiger partial charge in [-0.2, -0.15) is 0 Å². The number of carboxylic acid groups (broad SMARTS) is 1.